The summed E-state index contributed by atoms with van der Waals surface area (Å²) in [5.74, 6) is -0.560. The van der Waals surface area contributed by atoms with Crippen LogP contribution in [0.25, 0.3) is 0 Å². The third-order valence-electron chi connectivity index (χ3n) is 2.70. The van der Waals surface area contributed by atoms with E-state index in [1.807, 2.05) is 0 Å². The Kier molecular flexibility index (Phi) is 4.97. The third kappa shape index (κ3) is 3.81. The minimum Gasteiger partial charge on any atom is -0.507 e. The van der Waals surface area contributed by atoms with Gasteiger partial charge in [-0.3, -0.25) is 4.79 Å². The molecule has 0 aliphatic rings. The normalized spacial score (nSPS) is 10.2. The van der Waals surface area contributed by atoms with Crippen molar-refractivity contribution in [3.05, 3.63) is 56.5 Å². The van der Waals surface area contributed by atoms with Crippen LogP contribution in [0.4, 0.5) is 5.69 Å². The first-order valence-electron chi connectivity index (χ1n) is 5.77. The second-order valence-corrected chi connectivity index (χ2v) is 6.44. The minimum atomic E-state index is -0.445. The quantitative estimate of drug-likeness (QED) is 0.648. The molecule has 1 amide bonds. The molecule has 4 nitrogen and oxygen atoms in total. The van der Waals surface area contributed by atoms with Crippen LogP contribution in [-0.4, -0.2) is 16.0 Å². The first kappa shape index (κ1) is 15.9. The van der Waals surface area contributed by atoms with E-state index in [1.165, 1.54) is 12.1 Å². The number of anilines is 1. The van der Waals surface area contributed by atoms with Crippen LogP contribution in [0.5, 0.6) is 5.75 Å². The van der Waals surface area contributed by atoms with Gasteiger partial charge in [0.15, 0.2) is 0 Å². The van der Waals surface area contributed by atoms with Crippen molar-refractivity contribution in [2.24, 2.45) is 5.73 Å². The molecule has 0 aromatic heterocycles. The summed E-state index contributed by atoms with van der Waals surface area (Å²) in [4.78, 5) is 12.4. The van der Waals surface area contributed by atoms with Crippen molar-refractivity contribution in [2.75, 3.05) is 5.32 Å². The van der Waals surface area contributed by atoms with Gasteiger partial charge in [0.25, 0.3) is 5.91 Å². The van der Waals surface area contributed by atoms with Crippen molar-refractivity contribution < 1.29 is 9.90 Å². The molecular weight excluding hydrogens is 420 g/mol. The van der Waals surface area contributed by atoms with Gasteiger partial charge < -0.3 is 16.2 Å². The lowest BCUT2D eigenvalue weighted by molar-refractivity contribution is 0.102. The molecule has 4 N–H and O–H groups in total. The zero-order valence-electron chi connectivity index (χ0n) is 10.6. The maximum atomic E-state index is 12.2. The first-order chi connectivity index (χ1) is 9.88. The number of nitrogens with one attached hydrogen (secondary N) is 1. The SMILES string of the molecule is NC(=S)c1cc(Br)ccc1NC(=O)c1ccc(Br)cc1O. The van der Waals surface area contributed by atoms with E-state index in [9.17, 15) is 9.90 Å². The number of phenols is 1. The van der Waals surface area contributed by atoms with Crippen LogP contribution < -0.4 is 11.1 Å². The average molecular weight is 430 g/mol. The molecule has 2 aromatic rings. The summed E-state index contributed by atoms with van der Waals surface area (Å²) in [5, 5.41) is 12.5. The topological polar surface area (TPSA) is 75.3 Å². The Labute approximate surface area is 143 Å². The molecule has 0 saturated carbocycles. The van der Waals surface area contributed by atoms with Gasteiger partial charge in [0, 0.05) is 14.5 Å². The molecule has 0 fully saturated rings. The number of amides is 1. The Morgan fingerprint density at radius 2 is 1.71 bits per heavy atom. The smallest absolute Gasteiger partial charge is 0.259 e. The highest BCUT2D eigenvalue weighted by molar-refractivity contribution is 9.10. The largest absolute Gasteiger partial charge is 0.507 e. The molecule has 0 saturated heterocycles. The number of hydrogen-bond acceptors (Lipinski definition) is 3. The molecule has 0 aliphatic carbocycles. The van der Waals surface area contributed by atoms with Crippen molar-refractivity contribution >= 4 is 60.7 Å². The van der Waals surface area contributed by atoms with E-state index in [0.717, 1.165) is 4.47 Å². The highest BCUT2D eigenvalue weighted by Crippen LogP contribution is 2.25. The molecule has 7 heteroatoms. The van der Waals surface area contributed by atoms with Crippen molar-refractivity contribution in [1.82, 2.24) is 0 Å². The maximum absolute atomic E-state index is 12.2. The van der Waals surface area contributed by atoms with Crippen molar-refractivity contribution in [1.29, 1.82) is 0 Å². The number of halogens is 2. The molecule has 21 heavy (non-hydrogen) atoms. The zero-order valence-corrected chi connectivity index (χ0v) is 14.5. The number of aromatic hydroxyl groups is 1. The van der Waals surface area contributed by atoms with Gasteiger partial charge in [-0.25, -0.2) is 0 Å². The van der Waals surface area contributed by atoms with Crippen LogP contribution in [0.1, 0.15) is 15.9 Å². The Bertz CT molecular complexity index is 735. The maximum Gasteiger partial charge on any atom is 0.259 e. The summed E-state index contributed by atoms with van der Waals surface area (Å²) in [5.41, 5.74) is 6.84. The summed E-state index contributed by atoms with van der Waals surface area (Å²) in [6.45, 7) is 0. The number of carbonyl (C=O) groups excluding carboxylic acids is 1. The molecule has 0 unspecified atom stereocenters. The van der Waals surface area contributed by atoms with Gasteiger partial charge in [0.1, 0.15) is 10.7 Å². The molecule has 108 valence electrons. The Morgan fingerprint density at radius 3 is 2.33 bits per heavy atom. The first-order valence-corrected chi connectivity index (χ1v) is 7.77. The molecular formula is C14H10Br2N2O2S. The van der Waals surface area contributed by atoms with E-state index in [1.54, 1.807) is 24.3 Å². The summed E-state index contributed by atoms with van der Waals surface area (Å²) in [6, 6.07) is 9.81. The Morgan fingerprint density at radius 1 is 1.10 bits per heavy atom. The second-order valence-electron chi connectivity index (χ2n) is 4.17. The van der Waals surface area contributed by atoms with Gasteiger partial charge in [-0.2, -0.15) is 0 Å². The summed E-state index contributed by atoms with van der Waals surface area (Å²) < 4.78 is 1.49. The van der Waals surface area contributed by atoms with Crippen LogP contribution in [0.3, 0.4) is 0 Å². The number of hydrogen-bond donors (Lipinski definition) is 3. The molecule has 0 heterocycles. The highest BCUT2D eigenvalue weighted by atomic mass is 79.9. The third-order valence-corrected chi connectivity index (χ3v) is 3.91. The number of benzene rings is 2. The van der Waals surface area contributed by atoms with Gasteiger partial charge in [-0.15, -0.1) is 0 Å². The average Bonchev–Trinajstić information content (AvgIpc) is 2.40. The fourth-order valence-corrected chi connectivity index (χ4v) is 2.59. The monoisotopic (exact) mass is 428 g/mol. The van der Waals surface area contributed by atoms with E-state index >= 15 is 0 Å². The molecule has 0 bridgehead atoms. The van der Waals surface area contributed by atoms with Gasteiger partial charge >= 0.3 is 0 Å². The highest BCUT2D eigenvalue weighted by Gasteiger charge is 2.14. The number of carbonyl (C=O) groups is 1. The van der Waals surface area contributed by atoms with Crippen LogP contribution in [0, 0.1) is 0 Å². The van der Waals surface area contributed by atoms with E-state index in [2.05, 4.69) is 37.2 Å². The zero-order chi connectivity index (χ0) is 15.6. The number of phenolic OH excluding ortho intramolecular Hbond substituents is 1. The van der Waals surface area contributed by atoms with Gasteiger partial charge in [-0.05, 0) is 36.4 Å². The molecule has 2 rings (SSSR count). The van der Waals surface area contributed by atoms with Crippen molar-refractivity contribution in [3.63, 3.8) is 0 Å². The standard InChI is InChI=1S/C14H10Br2N2O2S/c15-7-2-4-11(10(5-7)13(17)21)18-14(20)9-3-1-8(16)6-12(9)19/h1-6,19H,(H2,17,21)(H,18,20). The van der Waals surface area contributed by atoms with Crippen molar-refractivity contribution in [3.8, 4) is 5.75 Å². The minimum absolute atomic E-state index is 0.115. The lowest BCUT2D eigenvalue weighted by Gasteiger charge is -2.11. The van der Waals surface area contributed by atoms with Crippen LogP contribution >= 0.6 is 44.1 Å². The molecule has 0 radical (unpaired) electrons. The second kappa shape index (κ2) is 6.55. The number of thiocarbonyl (C=S) groups is 1. The fourth-order valence-electron chi connectivity index (χ4n) is 1.72. The lowest BCUT2D eigenvalue weighted by Crippen LogP contribution is -2.17. The van der Waals surface area contributed by atoms with Crippen LogP contribution in [0.15, 0.2) is 45.3 Å². The summed E-state index contributed by atoms with van der Waals surface area (Å²) in [7, 11) is 0. The van der Waals surface area contributed by atoms with E-state index in [0.29, 0.717) is 15.7 Å². The van der Waals surface area contributed by atoms with Crippen molar-refractivity contribution in [2.45, 2.75) is 0 Å². The van der Waals surface area contributed by atoms with Gasteiger partial charge in [0.2, 0.25) is 0 Å². The van der Waals surface area contributed by atoms with E-state index in [-0.39, 0.29) is 16.3 Å². The van der Waals surface area contributed by atoms with Gasteiger partial charge in [-0.1, -0.05) is 44.1 Å². The Balaban J connectivity index is 2.34. The number of nitrogens with two attached hydrogens (primary N) is 1. The summed E-state index contributed by atoms with van der Waals surface area (Å²) >= 11 is 11.5. The predicted octanol–water partition coefficient (Wildman–Crippen LogP) is 3.80. The molecule has 0 aliphatic heterocycles. The van der Waals surface area contributed by atoms with Crippen LogP contribution in [-0.2, 0) is 0 Å². The lowest BCUT2D eigenvalue weighted by atomic mass is 10.1. The Hall–Kier alpha value is -1.44. The fraction of sp³-hybridized carbons (Fsp3) is 0. The van der Waals surface area contributed by atoms with E-state index in [4.69, 9.17) is 18.0 Å². The predicted molar refractivity (Wildman–Crippen MR) is 93.8 cm³/mol. The summed E-state index contributed by atoms with van der Waals surface area (Å²) in [6.07, 6.45) is 0. The molecule has 2 aromatic carbocycles. The molecule has 0 spiro atoms. The number of rotatable bonds is 3. The van der Waals surface area contributed by atoms with Crippen LogP contribution in [0.2, 0.25) is 0 Å². The van der Waals surface area contributed by atoms with Gasteiger partial charge in [0.05, 0.1) is 11.3 Å². The molecule has 0 atom stereocenters. The van der Waals surface area contributed by atoms with E-state index < -0.39 is 5.91 Å².